The maximum atomic E-state index is 13.3. The van der Waals surface area contributed by atoms with Gasteiger partial charge in [-0.2, -0.15) is 5.26 Å². The minimum atomic E-state index is -3.39. The van der Waals surface area contributed by atoms with Crippen LogP contribution in [0, 0.1) is 11.3 Å². The number of nitrogens with zero attached hydrogens (tertiary/aromatic N) is 3. The lowest BCUT2D eigenvalue weighted by Crippen LogP contribution is -2.25. The van der Waals surface area contributed by atoms with E-state index >= 15 is 0 Å². The second-order valence-electron chi connectivity index (χ2n) is 7.31. The third-order valence-corrected chi connectivity index (χ3v) is 7.77. The highest BCUT2D eigenvalue weighted by atomic mass is 32.2. The van der Waals surface area contributed by atoms with Gasteiger partial charge >= 0.3 is 0 Å². The molecule has 0 saturated carbocycles. The Bertz CT molecular complexity index is 1510. The molecule has 0 fully saturated rings. The summed E-state index contributed by atoms with van der Waals surface area (Å²) in [4.78, 5) is 22.0. The van der Waals surface area contributed by atoms with Gasteiger partial charge in [-0.15, -0.1) is 0 Å². The molecule has 2 heterocycles. The van der Waals surface area contributed by atoms with Crippen molar-refractivity contribution in [2.75, 3.05) is 18.2 Å². The van der Waals surface area contributed by atoms with E-state index < -0.39 is 21.8 Å². The van der Waals surface area contributed by atoms with E-state index in [0.29, 0.717) is 33.4 Å². The number of hydrogen-bond acceptors (Lipinski definition) is 9. The molecule has 4 aromatic rings. The average molecular weight is 509 g/mol. The highest BCUT2D eigenvalue weighted by Crippen LogP contribution is 2.30. The number of thiazole rings is 1. The smallest absolute Gasteiger partial charge is 0.271 e. The van der Waals surface area contributed by atoms with E-state index in [0.717, 1.165) is 4.70 Å². The number of carbonyl (C=O) groups is 1. The quantitative estimate of drug-likeness (QED) is 0.376. The third-order valence-electron chi connectivity index (χ3n) is 5.09. The van der Waals surface area contributed by atoms with Crippen LogP contribution < -0.4 is 14.8 Å². The van der Waals surface area contributed by atoms with Crippen molar-refractivity contribution in [1.82, 2.24) is 9.97 Å². The normalized spacial score (nSPS) is 12.0. The number of fused-ring (bicyclic) bond motifs is 1. The summed E-state index contributed by atoms with van der Waals surface area (Å²) in [6.07, 6.45) is 0.443. The molecule has 1 atom stereocenters. The maximum Gasteiger partial charge on any atom is 0.271 e. The van der Waals surface area contributed by atoms with Crippen LogP contribution in [0.4, 0.5) is 5.13 Å². The van der Waals surface area contributed by atoms with E-state index in [1.165, 1.54) is 30.6 Å². The van der Waals surface area contributed by atoms with Crippen molar-refractivity contribution in [2.24, 2.45) is 0 Å². The first-order valence-corrected chi connectivity index (χ1v) is 12.9. The molecule has 2 aromatic carbocycles. The molecule has 11 heteroatoms. The molecule has 9 nitrogen and oxygen atoms in total. The van der Waals surface area contributed by atoms with Gasteiger partial charge in [0.2, 0.25) is 12.0 Å². The first-order chi connectivity index (χ1) is 16.8. The van der Waals surface area contributed by atoms with Crippen LogP contribution in [-0.4, -0.2) is 37.2 Å². The fraction of sp³-hybridized carbons (Fsp3) is 0.167. The standard InChI is InChI=1S/C24H20N4O5S2/c1-3-35(30,31)18-10-6-16(7-11-18)22(33-17-8-4-15(13-25)5-9-17)23(29)28-24-27-19-14-26-21(32-2)12-20(19)34-24/h4-12,14,22H,3H2,1-2H3,(H,27,28,29). The molecule has 0 saturated heterocycles. The lowest BCUT2D eigenvalue weighted by atomic mass is 10.1. The zero-order valence-corrected chi connectivity index (χ0v) is 20.4. The molecule has 1 N–H and O–H groups in total. The number of rotatable bonds is 8. The Kier molecular flexibility index (Phi) is 6.95. The van der Waals surface area contributed by atoms with E-state index in [2.05, 4.69) is 15.3 Å². The van der Waals surface area contributed by atoms with Gasteiger partial charge in [0.15, 0.2) is 15.0 Å². The number of benzene rings is 2. The molecule has 4 rings (SSSR count). The molecule has 0 aliphatic carbocycles. The SMILES string of the molecule is CCS(=O)(=O)c1ccc(C(Oc2ccc(C#N)cc2)C(=O)Nc2nc3cnc(OC)cc3s2)cc1. The van der Waals surface area contributed by atoms with E-state index in [9.17, 15) is 13.2 Å². The molecule has 0 aliphatic heterocycles. The Balaban J connectivity index is 1.64. The molecular formula is C24H20N4O5S2. The molecule has 0 spiro atoms. The van der Waals surface area contributed by atoms with Crippen LogP contribution >= 0.6 is 11.3 Å². The number of nitriles is 1. The van der Waals surface area contributed by atoms with Crippen molar-refractivity contribution in [2.45, 2.75) is 17.9 Å². The molecule has 1 amide bonds. The molecule has 0 radical (unpaired) electrons. The molecule has 1 unspecified atom stereocenters. The van der Waals surface area contributed by atoms with Gasteiger partial charge in [0.05, 0.1) is 40.3 Å². The van der Waals surface area contributed by atoms with Crippen molar-refractivity contribution >= 4 is 42.4 Å². The number of ether oxygens (including phenoxy) is 2. The molecule has 178 valence electrons. The lowest BCUT2D eigenvalue weighted by molar-refractivity contribution is -0.123. The predicted molar refractivity (Wildman–Crippen MR) is 131 cm³/mol. The van der Waals surface area contributed by atoms with Crippen LogP contribution in [0.2, 0.25) is 0 Å². The fourth-order valence-corrected chi connectivity index (χ4v) is 4.93. The Labute approximate surface area is 205 Å². The number of sulfone groups is 1. The first kappa shape index (κ1) is 24.1. The lowest BCUT2D eigenvalue weighted by Gasteiger charge is -2.19. The summed E-state index contributed by atoms with van der Waals surface area (Å²) in [6.45, 7) is 1.57. The van der Waals surface area contributed by atoms with Crippen molar-refractivity contribution < 1.29 is 22.7 Å². The summed E-state index contributed by atoms with van der Waals surface area (Å²) in [7, 11) is -1.88. The Morgan fingerprint density at radius 3 is 2.51 bits per heavy atom. The summed E-state index contributed by atoms with van der Waals surface area (Å²) in [6, 6.07) is 16.1. The van der Waals surface area contributed by atoms with E-state index in [-0.39, 0.29) is 10.6 Å². The zero-order chi connectivity index (χ0) is 25.0. The van der Waals surface area contributed by atoms with Gasteiger partial charge in [-0.3, -0.25) is 10.1 Å². The molecule has 0 aliphatic rings. The summed E-state index contributed by atoms with van der Waals surface area (Å²) < 4.78 is 36.2. The molecule has 0 bridgehead atoms. The molecule has 2 aromatic heterocycles. The summed E-state index contributed by atoms with van der Waals surface area (Å²) in [5.41, 5.74) is 1.50. The monoisotopic (exact) mass is 508 g/mol. The van der Waals surface area contributed by atoms with Crippen molar-refractivity contribution in [3.05, 3.63) is 71.9 Å². The minimum absolute atomic E-state index is 0.0325. The van der Waals surface area contributed by atoms with E-state index in [4.69, 9.17) is 14.7 Å². The Morgan fingerprint density at radius 1 is 1.17 bits per heavy atom. The van der Waals surface area contributed by atoms with Crippen LogP contribution in [0.5, 0.6) is 11.6 Å². The second-order valence-corrected chi connectivity index (χ2v) is 10.6. The van der Waals surface area contributed by atoms with Crippen LogP contribution in [0.25, 0.3) is 10.2 Å². The second kappa shape index (κ2) is 10.1. The van der Waals surface area contributed by atoms with Crippen molar-refractivity contribution in [3.63, 3.8) is 0 Å². The summed E-state index contributed by atoms with van der Waals surface area (Å²) in [5, 5.41) is 12.1. The number of methoxy groups -OCH3 is 1. The highest BCUT2D eigenvalue weighted by Gasteiger charge is 2.25. The van der Waals surface area contributed by atoms with Crippen LogP contribution in [0.1, 0.15) is 24.2 Å². The van der Waals surface area contributed by atoms with Gasteiger partial charge in [0.25, 0.3) is 5.91 Å². The minimum Gasteiger partial charge on any atom is -0.481 e. The Hall–Kier alpha value is -4.01. The first-order valence-electron chi connectivity index (χ1n) is 10.4. The number of amides is 1. The number of pyridine rings is 1. The summed E-state index contributed by atoms with van der Waals surface area (Å²) in [5.74, 6) is 0.269. The number of anilines is 1. The van der Waals surface area contributed by atoms with Gasteiger partial charge in [0, 0.05) is 11.6 Å². The van der Waals surface area contributed by atoms with Gasteiger partial charge in [-0.1, -0.05) is 30.4 Å². The van der Waals surface area contributed by atoms with E-state index in [1.54, 1.807) is 55.6 Å². The molecular weight excluding hydrogens is 488 g/mol. The maximum absolute atomic E-state index is 13.3. The summed E-state index contributed by atoms with van der Waals surface area (Å²) >= 11 is 1.25. The van der Waals surface area contributed by atoms with Crippen molar-refractivity contribution in [1.29, 1.82) is 5.26 Å². The molecule has 35 heavy (non-hydrogen) atoms. The predicted octanol–water partition coefficient (Wildman–Crippen LogP) is 4.12. The van der Waals surface area contributed by atoms with Crippen LogP contribution in [-0.2, 0) is 14.6 Å². The number of carbonyl (C=O) groups excluding carboxylic acids is 1. The topological polar surface area (TPSA) is 131 Å². The zero-order valence-electron chi connectivity index (χ0n) is 18.8. The number of nitrogens with one attached hydrogen (secondary N) is 1. The van der Waals surface area contributed by atoms with Gasteiger partial charge in [-0.05, 0) is 36.4 Å². The Morgan fingerprint density at radius 2 is 1.89 bits per heavy atom. The number of hydrogen-bond donors (Lipinski definition) is 1. The van der Waals surface area contributed by atoms with E-state index in [1.807, 2.05) is 6.07 Å². The largest absolute Gasteiger partial charge is 0.481 e. The van der Waals surface area contributed by atoms with Crippen LogP contribution in [0.3, 0.4) is 0 Å². The van der Waals surface area contributed by atoms with Gasteiger partial charge in [0.1, 0.15) is 11.3 Å². The third kappa shape index (κ3) is 5.40. The average Bonchev–Trinajstić information content (AvgIpc) is 3.28. The highest BCUT2D eigenvalue weighted by molar-refractivity contribution is 7.91. The van der Waals surface area contributed by atoms with Crippen LogP contribution in [0.15, 0.2) is 65.7 Å². The number of aromatic nitrogens is 2. The van der Waals surface area contributed by atoms with Gasteiger partial charge in [-0.25, -0.2) is 18.4 Å². The fourth-order valence-electron chi connectivity index (χ4n) is 3.18. The van der Waals surface area contributed by atoms with Gasteiger partial charge < -0.3 is 9.47 Å². The van der Waals surface area contributed by atoms with Crippen molar-refractivity contribution in [3.8, 4) is 17.7 Å².